The largest absolute Gasteiger partial charge is 0.488 e. The first kappa shape index (κ1) is 23.4. The Hall–Kier alpha value is -2.80. The second-order valence-corrected chi connectivity index (χ2v) is 9.33. The van der Waals surface area contributed by atoms with E-state index >= 15 is 0 Å². The number of carbonyl (C=O) groups excluding carboxylic acids is 2. The van der Waals surface area contributed by atoms with Gasteiger partial charge in [-0.2, -0.15) is 0 Å². The number of ether oxygens (including phenoxy) is 1. The maximum atomic E-state index is 12.9. The quantitative estimate of drug-likeness (QED) is 0.276. The minimum absolute atomic E-state index is 0.180. The molecule has 0 radical (unpaired) electrons. The number of halogens is 3. The van der Waals surface area contributed by atoms with Crippen molar-refractivity contribution in [3.63, 3.8) is 0 Å². The average Bonchev–Trinajstić information content (AvgIpc) is 3.03. The summed E-state index contributed by atoms with van der Waals surface area (Å²) in [6.45, 7) is 2.39. The molecule has 0 saturated carbocycles. The van der Waals surface area contributed by atoms with E-state index in [1.807, 2.05) is 43.3 Å². The van der Waals surface area contributed by atoms with Crippen LogP contribution in [-0.4, -0.2) is 16.8 Å². The van der Waals surface area contributed by atoms with Crippen LogP contribution in [0.2, 0.25) is 10.0 Å². The molecular formula is C25H19BrCl2N2O3. The van der Waals surface area contributed by atoms with Gasteiger partial charge in [-0.3, -0.25) is 9.69 Å². The minimum Gasteiger partial charge on any atom is -0.488 e. The molecule has 0 unspecified atom stereocenters. The fourth-order valence-electron chi connectivity index (χ4n) is 3.30. The fraction of sp³-hybridized carbons (Fsp3) is 0.120. The molecule has 0 aromatic heterocycles. The summed E-state index contributed by atoms with van der Waals surface area (Å²) in [4.78, 5) is 26.6. The number of hydrogen-bond acceptors (Lipinski definition) is 3. The molecular weight excluding hydrogens is 527 g/mol. The zero-order valence-electron chi connectivity index (χ0n) is 17.6. The van der Waals surface area contributed by atoms with Crippen LogP contribution >= 0.6 is 39.1 Å². The van der Waals surface area contributed by atoms with Gasteiger partial charge in [-0.1, -0.05) is 75.0 Å². The normalized spacial score (nSPS) is 14.7. The summed E-state index contributed by atoms with van der Waals surface area (Å²) < 4.78 is 6.78. The molecule has 3 aromatic carbocycles. The van der Waals surface area contributed by atoms with Crippen molar-refractivity contribution in [2.45, 2.75) is 20.1 Å². The summed E-state index contributed by atoms with van der Waals surface area (Å²) in [7, 11) is 0. The highest BCUT2D eigenvalue weighted by molar-refractivity contribution is 9.10. The van der Waals surface area contributed by atoms with Crippen molar-refractivity contribution in [1.82, 2.24) is 10.2 Å². The molecule has 0 spiro atoms. The predicted octanol–water partition coefficient (Wildman–Crippen LogP) is 6.74. The number of benzene rings is 3. The van der Waals surface area contributed by atoms with E-state index < -0.39 is 11.9 Å². The third-order valence-corrected chi connectivity index (χ3v) is 6.17. The van der Waals surface area contributed by atoms with Gasteiger partial charge in [-0.05, 0) is 48.9 Å². The second kappa shape index (κ2) is 10.00. The van der Waals surface area contributed by atoms with Gasteiger partial charge in [0.25, 0.3) is 5.91 Å². The Balaban J connectivity index is 1.55. The van der Waals surface area contributed by atoms with Crippen molar-refractivity contribution in [1.29, 1.82) is 0 Å². The summed E-state index contributed by atoms with van der Waals surface area (Å²) in [5.74, 6) is 0.142. The SMILES string of the molecule is Cc1ccc(CN2C(=O)N/C(=C/c3cc(Br)ccc3OCc3ccc(Cl)cc3Cl)C2=O)cc1. The first-order valence-electron chi connectivity index (χ1n) is 10.1. The van der Waals surface area contributed by atoms with Crippen molar-refractivity contribution in [2.24, 2.45) is 0 Å². The van der Waals surface area contributed by atoms with Gasteiger partial charge in [0.2, 0.25) is 0 Å². The van der Waals surface area contributed by atoms with Crippen molar-refractivity contribution in [3.8, 4) is 5.75 Å². The molecule has 1 heterocycles. The fourth-order valence-corrected chi connectivity index (χ4v) is 4.15. The van der Waals surface area contributed by atoms with E-state index in [-0.39, 0.29) is 18.8 Å². The number of amides is 3. The van der Waals surface area contributed by atoms with Crippen molar-refractivity contribution < 1.29 is 14.3 Å². The number of hydrogen-bond donors (Lipinski definition) is 1. The van der Waals surface area contributed by atoms with Crippen LogP contribution < -0.4 is 10.1 Å². The van der Waals surface area contributed by atoms with Crippen LogP contribution in [0, 0.1) is 6.92 Å². The molecule has 5 nitrogen and oxygen atoms in total. The Kier molecular flexibility index (Phi) is 7.08. The van der Waals surface area contributed by atoms with Gasteiger partial charge in [0.05, 0.1) is 6.54 Å². The lowest BCUT2D eigenvalue weighted by Crippen LogP contribution is -2.30. The molecule has 0 atom stereocenters. The summed E-state index contributed by atoms with van der Waals surface area (Å²) >= 11 is 15.6. The zero-order chi connectivity index (χ0) is 23.5. The molecule has 3 aromatic rings. The van der Waals surface area contributed by atoms with Crippen LogP contribution in [0.15, 0.2) is 70.8 Å². The summed E-state index contributed by atoms with van der Waals surface area (Å²) in [5.41, 5.74) is 3.57. The molecule has 0 aliphatic carbocycles. The standard InChI is InChI=1S/C25H19BrCl2N2O3/c1-15-2-4-16(5-3-15)13-30-24(31)22(29-25(30)32)11-18-10-19(26)7-9-23(18)33-14-17-6-8-20(27)12-21(17)28/h2-12H,13-14H2,1H3,(H,29,32)/b22-11+. The van der Waals surface area contributed by atoms with E-state index in [1.165, 1.54) is 4.90 Å². The van der Waals surface area contributed by atoms with Crippen LogP contribution in [0.3, 0.4) is 0 Å². The van der Waals surface area contributed by atoms with Gasteiger partial charge in [-0.25, -0.2) is 4.79 Å². The first-order valence-corrected chi connectivity index (χ1v) is 11.6. The van der Waals surface area contributed by atoms with Crippen LogP contribution in [0.4, 0.5) is 4.79 Å². The smallest absolute Gasteiger partial charge is 0.329 e. The Labute approximate surface area is 210 Å². The van der Waals surface area contributed by atoms with Crippen LogP contribution in [0.5, 0.6) is 5.75 Å². The zero-order valence-corrected chi connectivity index (χ0v) is 20.7. The van der Waals surface area contributed by atoms with Crippen LogP contribution in [-0.2, 0) is 17.9 Å². The van der Waals surface area contributed by atoms with E-state index in [0.29, 0.717) is 21.4 Å². The van der Waals surface area contributed by atoms with E-state index in [2.05, 4.69) is 21.2 Å². The third-order valence-electron chi connectivity index (χ3n) is 5.09. The molecule has 3 amide bonds. The Bertz CT molecular complexity index is 1260. The Morgan fingerprint density at radius 1 is 1.03 bits per heavy atom. The molecule has 0 bridgehead atoms. The Morgan fingerprint density at radius 3 is 2.52 bits per heavy atom. The van der Waals surface area contributed by atoms with E-state index in [0.717, 1.165) is 21.2 Å². The molecule has 33 heavy (non-hydrogen) atoms. The van der Waals surface area contributed by atoms with Crippen molar-refractivity contribution >= 4 is 57.1 Å². The number of carbonyl (C=O) groups is 2. The lowest BCUT2D eigenvalue weighted by Gasteiger charge is -2.12. The lowest BCUT2D eigenvalue weighted by molar-refractivity contribution is -0.123. The molecule has 8 heteroatoms. The number of rotatable bonds is 6. The molecule has 4 rings (SSSR count). The number of nitrogens with zero attached hydrogens (tertiary/aromatic N) is 1. The second-order valence-electron chi connectivity index (χ2n) is 7.57. The van der Waals surface area contributed by atoms with Gasteiger partial charge in [0, 0.05) is 25.6 Å². The van der Waals surface area contributed by atoms with E-state index in [1.54, 1.807) is 30.3 Å². The predicted molar refractivity (Wildman–Crippen MR) is 133 cm³/mol. The van der Waals surface area contributed by atoms with Gasteiger partial charge in [0.1, 0.15) is 18.1 Å². The average molecular weight is 546 g/mol. The summed E-state index contributed by atoms with van der Waals surface area (Å²) in [5, 5.41) is 3.71. The highest BCUT2D eigenvalue weighted by Crippen LogP contribution is 2.29. The summed E-state index contributed by atoms with van der Waals surface area (Å²) in [6.07, 6.45) is 1.61. The third kappa shape index (κ3) is 5.58. The van der Waals surface area contributed by atoms with Crippen molar-refractivity contribution in [2.75, 3.05) is 0 Å². The van der Waals surface area contributed by atoms with Gasteiger partial charge < -0.3 is 10.1 Å². The van der Waals surface area contributed by atoms with E-state index in [9.17, 15) is 9.59 Å². The first-order chi connectivity index (χ1) is 15.8. The minimum atomic E-state index is -0.461. The molecule has 1 N–H and O–H groups in total. The van der Waals surface area contributed by atoms with Gasteiger partial charge in [0.15, 0.2) is 0 Å². The molecule has 1 saturated heterocycles. The Morgan fingerprint density at radius 2 is 1.79 bits per heavy atom. The topological polar surface area (TPSA) is 58.6 Å². The monoisotopic (exact) mass is 544 g/mol. The maximum absolute atomic E-state index is 12.9. The lowest BCUT2D eigenvalue weighted by atomic mass is 10.1. The highest BCUT2D eigenvalue weighted by atomic mass is 79.9. The van der Waals surface area contributed by atoms with Gasteiger partial charge >= 0.3 is 6.03 Å². The molecule has 1 fully saturated rings. The molecule has 1 aliphatic heterocycles. The van der Waals surface area contributed by atoms with Crippen LogP contribution in [0.1, 0.15) is 22.3 Å². The molecule has 168 valence electrons. The number of nitrogens with one attached hydrogen (secondary N) is 1. The number of imide groups is 1. The van der Waals surface area contributed by atoms with Crippen molar-refractivity contribution in [3.05, 3.63) is 103 Å². The van der Waals surface area contributed by atoms with E-state index in [4.69, 9.17) is 27.9 Å². The number of urea groups is 1. The van der Waals surface area contributed by atoms with Crippen LogP contribution in [0.25, 0.3) is 6.08 Å². The van der Waals surface area contributed by atoms with Gasteiger partial charge in [-0.15, -0.1) is 0 Å². The molecule has 1 aliphatic rings. The maximum Gasteiger partial charge on any atom is 0.329 e. The number of aryl methyl sites for hydroxylation is 1. The summed E-state index contributed by atoms with van der Waals surface area (Å²) in [6, 6.07) is 17.9. The highest BCUT2D eigenvalue weighted by Gasteiger charge is 2.33.